The van der Waals surface area contributed by atoms with Gasteiger partial charge in [-0.1, -0.05) is 12.8 Å². The maximum atomic E-state index is 3.78. The molecule has 1 aromatic rings. The van der Waals surface area contributed by atoms with E-state index in [0.29, 0.717) is 5.54 Å². The second kappa shape index (κ2) is 5.61. The first-order chi connectivity index (χ1) is 8.76. The summed E-state index contributed by atoms with van der Waals surface area (Å²) in [5.74, 6) is 0. The second-order valence-corrected chi connectivity index (χ2v) is 8.19. The van der Waals surface area contributed by atoms with Gasteiger partial charge in [0.05, 0.1) is 3.79 Å². The number of thiophene rings is 1. The molecule has 1 aliphatic heterocycles. The lowest BCUT2D eigenvalue weighted by Gasteiger charge is -2.41. The SMILES string of the molecule is Brc1ccc(CCN2CCNC3(CCCC3)C2)s1. The molecule has 3 rings (SSSR count). The molecule has 0 bridgehead atoms. The molecule has 0 aromatic carbocycles. The van der Waals surface area contributed by atoms with Crippen molar-refractivity contribution in [3.63, 3.8) is 0 Å². The van der Waals surface area contributed by atoms with Gasteiger partial charge in [-0.15, -0.1) is 11.3 Å². The topological polar surface area (TPSA) is 15.3 Å². The lowest BCUT2D eigenvalue weighted by molar-refractivity contribution is 0.136. The Morgan fingerprint density at radius 3 is 2.89 bits per heavy atom. The molecule has 1 aliphatic carbocycles. The Morgan fingerprint density at radius 2 is 2.17 bits per heavy atom. The number of hydrogen-bond acceptors (Lipinski definition) is 3. The van der Waals surface area contributed by atoms with E-state index >= 15 is 0 Å². The maximum Gasteiger partial charge on any atom is 0.0701 e. The van der Waals surface area contributed by atoms with Crippen molar-refractivity contribution in [2.75, 3.05) is 26.2 Å². The van der Waals surface area contributed by atoms with Crippen LogP contribution in [0.1, 0.15) is 30.6 Å². The average molecular weight is 329 g/mol. The van der Waals surface area contributed by atoms with E-state index < -0.39 is 0 Å². The van der Waals surface area contributed by atoms with Crippen molar-refractivity contribution in [3.05, 3.63) is 20.8 Å². The van der Waals surface area contributed by atoms with E-state index in [1.807, 2.05) is 11.3 Å². The van der Waals surface area contributed by atoms with Gasteiger partial charge in [-0.25, -0.2) is 0 Å². The minimum atomic E-state index is 0.467. The zero-order valence-corrected chi connectivity index (χ0v) is 13.2. The number of hydrogen-bond donors (Lipinski definition) is 1. The van der Waals surface area contributed by atoms with Gasteiger partial charge in [-0.3, -0.25) is 4.90 Å². The van der Waals surface area contributed by atoms with E-state index in [1.54, 1.807) is 0 Å². The molecule has 1 saturated heterocycles. The zero-order chi connectivity index (χ0) is 12.4. The van der Waals surface area contributed by atoms with Crippen molar-refractivity contribution in [1.82, 2.24) is 10.2 Å². The van der Waals surface area contributed by atoms with Crippen molar-refractivity contribution in [2.45, 2.75) is 37.6 Å². The van der Waals surface area contributed by atoms with Gasteiger partial charge >= 0.3 is 0 Å². The average Bonchev–Trinajstić information content (AvgIpc) is 2.97. The molecule has 1 saturated carbocycles. The van der Waals surface area contributed by atoms with Crippen molar-refractivity contribution < 1.29 is 0 Å². The van der Waals surface area contributed by atoms with Crippen LogP contribution in [0.3, 0.4) is 0 Å². The molecular weight excluding hydrogens is 308 g/mol. The molecule has 0 radical (unpaired) electrons. The molecule has 1 spiro atoms. The van der Waals surface area contributed by atoms with Crippen LogP contribution < -0.4 is 5.32 Å². The third kappa shape index (κ3) is 2.98. The Balaban J connectivity index is 1.53. The van der Waals surface area contributed by atoms with Crippen molar-refractivity contribution in [1.29, 1.82) is 0 Å². The van der Waals surface area contributed by atoms with E-state index in [0.717, 1.165) is 0 Å². The van der Waals surface area contributed by atoms with Crippen molar-refractivity contribution in [2.24, 2.45) is 0 Å². The van der Waals surface area contributed by atoms with Gasteiger partial charge in [0, 0.05) is 36.6 Å². The first-order valence-electron chi connectivity index (χ1n) is 6.97. The normalized spacial score (nSPS) is 23.8. The van der Waals surface area contributed by atoms with Crippen LogP contribution in [0, 0.1) is 0 Å². The summed E-state index contributed by atoms with van der Waals surface area (Å²) in [5.41, 5.74) is 0.467. The van der Waals surface area contributed by atoms with Crippen LogP contribution in [0.5, 0.6) is 0 Å². The molecular formula is C14H21BrN2S. The van der Waals surface area contributed by atoms with E-state index in [2.05, 4.69) is 38.3 Å². The minimum absolute atomic E-state index is 0.467. The van der Waals surface area contributed by atoms with Crippen molar-refractivity contribution in [3.8, 4) is 0 Å². The summed E-state index contributed by atoms with van der Waals surface area (Å²) in [7, 11) is 0. The predicted octanol–water partition coefficient (Wildman–Crippen LogP) is 3.27. The highest BCUT2D eigenvalue weighted by Crippen LogP contribution is 2.32. The third-order valence-corrected chi connectivity index (χ3v) is 6.00. The fourth-order valence-electron chi connectivity index (χ4n) is 3.37. The summed E-state index contributed by atoms with van der Waals surface area (Å²) in [5, 5.41) is 3.78. The van der Waals surface area contributed by atoms with E-state index in [4.69, 9.17) is 0 Å². The number of nitrogens with zero attached hydrogens (tertiary/aromatic N) is 1. The third-order valence-electron chi connectivity index (χ3n) is 4.32. The van der Waals surface area contributed by atoms with E-state index in [1.165, 1.54) is 66.9 Å². The fourth-order valence-corrected chi connectivity index (χ4v) is 4.85. The van der Waals surface area contributed by atoms with Crippen LogP contribution >= 0.6 is 27.3 Å². The van der Waals surface area contributed by atoms with Crippen LogP contribution in [0.2, 0.25) is 0 Å². The van der Waals surface area contributed by atoms with E-state index in [9.17, 15) is 0 Å². The number of piperazine rings is 1. The zero-order valence-electron chi connectivity index (χ0n) is 10.8. The lowest BCUT2D eigenvalue weighted by atomic mass is 9.94. The smallest absolute Gasteiger partial charge is 0.0701 e. The maximum absolute atomic E-state index is 3.78. The Labute approximate surface area is 122 Å². The highest BCUT2D eigenvalue weighted by atomic mass is 79.9. The predicted molar refractivity (Wildman–Crippen MR) is 81.4 cm³/mol. The summed E-state index contributed by atoms with van der Waals surface area (Å²) in [6, 6.07) is 4.42. The molecule has 0 amide bonds. The van der Waals surface area contributed by atoms with Crippen LogP contribution in [0.15, 0.2) is 15.9 Å². The van der Waals surface area contributed by atoms with Gasteiger partial charge in [0.2, 0.25) is 0 Å². The monoisotopic (exact) mass is 328 g/mol. The highest BCUT2D eigenvalue weighted by Gasteiger charge is 2.37. The molecule has 4 heteroatoms. The molecule has 0 atom stereocenters. The van der Waals surface area contributed by atoms with Crippen LogP contribution in [-0.4, -0.2) is 36.6 Å². The quantitative estimate of drug-likeness (QED) is 0.916. The molecule has 1 N–H and O–H groups in total. The van der Waals surface area contributed by atoms with Crippen LogP contribution in [-0.2, 0) is 6.42 Å². The number of nitrogens with one attached hydrogen (secondary N) is 1. The largest absolute Gasteiger partial charge is 0.309 e. The summed E-state index contributed by atoms with van der Waals surface area (Å²) in [6.07, 6.45) is 6.80. The number of rotatable bonds is 3. The molecule has 2 heterocycles. The summed E-state index contributed by atoms with van der Waals surface area (Å²) in [4.78, 5) is 4.16. The lowest BCUT2D eigenvalue weighted by Crippen LogP contribution is -2.59. The standard InChI is InChI=1S/C14H21BrN2S/c15-13-4-3-12(18-13)5-9-17-10-8-16-14(11-17)6-1-2-7-14/h3-4,16H,1-2,5-11H2. The van der Waals surface area contributed by atoms with Gasteiger partial charge in [0.15, 0.2) is 0 Å². The molecule has 0 unspecified atom stereocenters. The van der Waals surface area contributed by atoms with Crippen LogP contribution in [0.4, 0.5) is 0 Å². The molecule has 2 nitrogen and oxygen atoms in total. The summed E-state index contributed by atoms with van der Waals surface area (Å²) in [6.45, 7) is 4.87. The van der Waals surface area contributed by atoms with E-state index in [-0.39, 0.29) is 0 Å². The minimum Gasteiger partial charge on any atom is -0.309 e. The van der Waals surface area contributed by atoms with Gasteiger partial charge in [0.25, 0.3) is 0 Å². The first kappa shape index (κ1) is 13.1. The van der Waals surface area contributed by atoms with Gasteiger partial charge in [0.1, 0.15) is 0 Å². The van der Waals surface area contributed by atoms with Crippen molar-refractivity contribution >= 4 is 27.3 Å². The molecule has 100 valence electrons. The molecule has 18 heavy (non-hydrogen) atoms. The molecule has 2 aliphatic rings. The summed E-state index contributed by atoms with van der Waals surface area (Å²) < 4.78 is 1.25. The Hall–Kier alpha value is 0.1000. The first-order valence-corrected chi connectivity index (χ1v) is 8.58. The number of halogens is 1. The van der Waals surface area contributed by atoms with Crippen LogP contribution in [0.25, 0.3) is 0 Å². The summed E-state index contributed by atoms with van der Waals surface area (Å²) >= 11 is 5.42. The highest BCUT2D eigenvalue weighted by molar-refractivity contribution is 9.11. The Bertz CT molecular complexity index is 398. The second-order valence-electron chi connectivity index (χ2n) is 5.65. The van der Waals surface area contributed by atoms with Gasteiger partial charge in [-0.05, 0) is 47.3 Å². The molecule has 2 fully saturated rings. The van der Waals surface area contributed by atoms with Gasteiger partial charge in [-0.2, -0.15) is 0 Å². The Morgan fingerprint density at radius 1 is 1.33 bits per heavy atom. The molecule has 1 aromatic heterocycles. The Kier molecular flexibility index (Phi) is 4.09. The van der Waals surface area contributed by atoms with Gasteiger partial charge < -0.3 is 5.32 Å². The fraction of sp³-hybridized carbons (Fsp3) is 0.714.